The lowest BCUT2D eigenvalue weighted by Gasteiger charge is -2.08. The van der Waals surface area contributed by atoms with E-state index in [0.29, 0.717) is 19.7 Å². The van der Waals surface area contributed by atoms with Crippen LogP contribution < -0.4 is 10.1 Å². The molecule has 0 fully saturated rings. The van der Waals surface area contributed by atoms with Gasteiger partial charge in [0.25, 0.3) is 0 Å². The third-order valence-corrected chi connectivity index (χ3v) is 3.49. The molecule has 2 rings (SSSR count). The number of aliphatic carboxylic acids is 1. The number of aryl methyl sites for hydroxylation is 1. The predicted molar refractivity (Wildman–Crippen MR) is 90.7 cm³/mol. The lowest BCUT2D eigenvalue weighted by atomic mass is 10.1. The van der Waals surface area contributed by atoms with Crippen molar-refractivity contribution in [3.63, 3.8) is 0 Å². The molecule has 0 aliphatic carbocycles. The van der Waals surface area contributed by atoms with Gasteiger partial charge >= 0.3 is 5.97 Å². The first-order valence-corrected chi connectivity index (χ1v) is 7.92. The first-order chi connectivity index (χ1) is 11.2. The Bertz CT molecular complexity index is 581. The van der Waals surface area contributed by atoms with Crippen LogP contribution in [0.5, 0.6) is 5.75 Å². The molecule has 23 heavy (non-hydrogen) atoms. The highest BCUT2D eigenvalue weighted by Gasteiger charge is 1.99. The molecule has 0 amide bonds. The fourth-order valence-electron chi connectivity index (χ4n) is 2.24. The van der Waals surface area contributed by atoms with Crippen LogP contribution in [0.15, 0.2) is 54.6 Å². The number of nitrogens with one attached hydrogen (secondary N) is 1. The van der Waals surface area contributed by atoms with E-state index in [9.17, 15) is 4.79 Å². The maximum atomic E-state index is 10.4. The number of hydrogen-bond acceptors (Lipinski definition) is 3. The highest BCUT2D eigenvalue weighted by molar-refractivity contribution is 5.66. The van der Waals surface area contributed by atoms with Gasteiger partial charge in [-0.15, -0.1) is 0 Å². The van der Waals surface area contributed by atoms with Gasteiger partial charge in [-0.3, -0.25) is 4.79 Å². The molecule has 122 valence electrons. The van der Waals surface area contributed by atoms with E-state index in [1.807, 2.05) is 30.3 Å². The van der Waals surface area contributed by atoms with Gasteiger partial charge in [-0.05, 0) is 36.1 Å². The Kier molecular flexibility index (Phi) is 7.14. The van der Waals surface area contributed by atoms with Gasteiger partial charge in [0.1, 0.15) is 5.75 Å². The van der Waals surface area contributed by atoms with Crippen LogP contribution in [-0.4, -0.2) is 24.2 Å². The molecule has 0 atom stereocenters. The minimum atomic E-state index is -0.781. The third kappa shape index (κ3) is 6.98. The summed E-state index contributed by atoms with van der Waals surface area (Å²) in [4.78, 5) is 10.4. The Morgan fingerprint density at radius 2 is 1.74 bits per heavy atom. The van der Waals surface area contributed by atoms with Gasteiger partial charge in [-0.25, -0.2) is 0 Å². The second kappa shape index (κ2) is 9.64. The van der Waals surface area contributed by atoms with Gasteiger partial charge in [0.05, 0.1) is 13.0 Å². The molecule has 0 saturated carbocycles. The van der Waals surface area contributed by atoms with Crippen molar-refractivity contribution < 1.29 is 14.6 Å². The average molecular weight is 313 g/mol. The second-order valence-electron chi connectivity index (χ2n) is 5.40. The summed E-state index contributed by atoms with van der Waals surface area (Å²) in [6.45, 7) is 1.85. The van der Waals surface area contributed by atoms with Crippen LogP contribution in [0.3, 0.4) is 0 Å². The van der Waals surface area contributed by atoms with Gasteiger partial charge in [-0.1, -0.05) is 42.5 Å². The minimum absolute atomic E-state index is 0.141. The maximum Gasteiger partial charge on any atom is 0.304 e. The number of carboxylic acid groups (broad SMARTS) is 1. The van der Waals surface area contributed by atoms with Crippen molar-refractivity contribution in [2.75, 3.05) is 13.2 Å². The Morgan fingerprint density at radius 1 is 1.00 bits per heavy atom. The standard InChI is InChI=1S/C19H23NO3/c21-19(22)12-13-20-15-17-8-10-18(11-9-17)23-14-4-7-16-5-2-1-3-6-16/h1-3,5-6,8-11,20H,4,7,12-15H2,(H,21,22). The number of rotatable bonds is 10. The Morgan fingerprint density at radius 3 is 2.43 bits per heavy atom. The summed E-state index contributed by atoms with van der Waals surface area (Å²) in [7, 11) is 0. The van der Waals surface area contributed by atoms with Gasteiger partial charge in [0.15, 0.2) is 0 Å². The van der Waals surface area contributed by atoms with E-state index in [-0.39, 0.29) is 6.42 Å². The van der Waals surface area contributed by atoms with E-state index < -0.39 is 5.97 Å². The first-order valence-electron chi connectivity index (χ1n) is 7.92. The van der Waals surface area contributed by atoms with E-state index in [2.05, 4.69) is 29.6 Å². The zero-order valence-corrected chi connectivity index (χ0v) is 13.2. The number of carbonyl (C=O) groups is 1. The van der Waals surface area contributed by atoms with Crippen molar-refractivity contribution in [2.45, 2.75) is 25.8 Å². The molecular weight excluding hydrogens is 290 g/mol. The number of ether oxygens (including phenoxy) is 1. The Labute approximate surface area is 137 Å². The summed E-state index contributed by atoms with van der Waals surface area (Å²) < 4.78 is 5.74. The molecule has 4 heteroatoms. The van der Waals surface area contributed by atoms with E-state index >= 15 is 0 Å². The fraction of sp³-hybridized carbons (Fsp3) is 0.316. The van der Waals surface area contributed by atoms with E-state index in [1.165, 1.54) is 5.56 Å². The van der Waals surface area contributed by atoms with Crippen LogP contribution in [0.2, 0.25) is 0 Å². The monoisotopic (exact) mass is 313 g/mol. The van der Waals surface area contributed by atoms with E-state index in [1.54, 1.807) is 0 Å². The van der Waals surface area contributed by atoms with Crippen LogP contribution in [-0.2, 0) is 17.8 Å². The van der Waals surface area contributed by atoms with Gasteiger partial charge in [0, 0.05) is 13.1 Å². The second-order valence-corrected chi connectivity index (χ2v) is 5.40. The summed E-state index contributed by atoms with van der Waals surface area (Å²) in [6, 6.07) is 18.3. The zero-order chi connectivity index (χ0) is 16.3. The quantitative estimate of drug-likeness (QED) is 0.661. The fourth-order valence-corrected chi connectivity index (χ4v) is 2.24. The SMILES string of the molecule is O=C(O)CCNCc1ccc(OCCCc2ccccc2)cc1. The predicted octanol–water partition coefficient (Wildman–Crippen LogP) is 3.26. The summed E-state index contributed by atoms with van der Waals surface area (Å²) >= 11 is 0. The lowest BCUT2D eigenvalue weighted by Crippen LogP contribution is -2.17. The number of carboxylic acids is 1. The smallest absolute Gasteiger partial charge is 0.304 e. The molecule has 0 aliphatic heterocycles. The normalized spacial score (nSPS) is 10.4. The molecule has 0 bridgehead atoms. The molecule has 0 spiro atoms. The maximum absolute atomic E-state index is 10.4. The molecule has 4 nitrogen and oxygen atoms in total. The minimum Gasteiger partial charge on any atom is -0.494 e. The number of hydrogen-bond donors (Lipinski definition) is 2. The van der Waals surface area contributed by atoms with Crippen LogP contribution in [0.25, 0.3) is 0 Å². The summed E-state index contributed by atoms with van der Waals surface area (Å²) in [5.41, 5.74) is 2.45. The highest BCUT2D eigenvalue weighted by atomic mass is 16.5. The third-order valence-electron chi connectivity index (χ3n) is 3.49. The van der Waals surface area contributed by atoms with Crippen molar-refractivity contribution in [3.8, 4) is 5.75 Å². The molecule has 0 saturated heterocycles. The van der Waals surface area contributed by atoms with Crippen molar-refractivity contribution in [2.24, 2.45) is 0 Å². The zero-order valence-electron chi connectivity index (χ0n) is 13.2. The molecule has 2 N–H and O–H groups in total. The molecule has 0 heterocycles. The van der Waals surface area contributed by atoms with Crippen LogP contribution in [0.1, 0.15) is 24.0 Å². The topological polar surface area (TPSA) is 58.6 Å². The van der Waals surface area contributed by atoms with Gasteiger partial charge in [0.2, 0.25) is 0 Å². The molecule has 2 aromatic rings. The van der Waals surface area contributed by atoms with Crippen molar-refractivity contribution in [1.82, 2.24) is 5.32 Å². The van der Waals surface area contributed by atoms with E-state index in [0.717, 1.165) is 24.2 Å². The molecule has 0 aromatic heterocycles. The van der Waals surface area contributed by atoms with Crippen LogP contribution in [0.4, 0.5) is 0 Å². The van der Waals surface area contributed by atoms with Crippen molar-refractivity contribution in [1.29, 1.82) is 0 Å². The van der Waals surface area contributed by atoms with Crippen molar-refractivity contribution in [3.05, 3.63) is 65.7 Å². The van der Waals surface area contributed by atoms with Gasteiger partial charge < -0.3 is 15.2 Å². The molecule has 0 radical (unpaired) electrons. The average Bonchev–Trinajstić information content (AvgIpc) is 2.57. The highest BCUT2D eigenvalue weighted by Crippen LogP contribution is 2.13. The summed E-state index contributed by atoms with van der Waals surface area (Å²) in [5, 5.41) is 11.7. The largest absolute Gasteiger partial charge is 0.494 e. The lowest BCUT2D eigenvalue weighted by molar-refractivity contribution is -0.136. The first kappa shape index (κ1) is 17.0. The van der Waals surface area contributed by atoms with E-state index in [4.69, 9.17) is 9.84 Å². The van der Waals surface area contributed by atoms with Crippen molar-refractivity contribution >= 4 is 5.97 Å². The van der Waals surface area contributed by atoms with Crippen LogP contribution in [0, 0.1) is 0 Å². The number of benzene rings is 2. The summed E-state index contributed by atoms with van der Waals surface area (Å²) in [6.07, 6.45) is 2.15. The summed E-state index contributed by atoms with van der Waals surface area (Å²) in [5.74, 6) is 0.0871. The Balaban J connectivity index is 1.63. The molecule has 0 aliphatic rings. The molecule has 2 aromatic carbocycles. The van der Waals surface area contributed by atoms with Crippen LogP contribution >= 0.6 is 0 Å². The molecule has 0 unspecified atom stereocenters. The Hall–Kier alpha value is -2.33. The molecular formula is C19H23NO3. The van der Waals surface area contributed by atoms with Gasteiger partial charge in [-0.2, -0.15) is 0 Å².